The fraction of sp³-hybridized carbons (Fsp3) is 0.250. The molecule has 2 aromatic carbocycles. The van der Waals surface area contributed by atoms with Crippen LogP contribution in [0.3, 0.4) is 0 Å². The first-order valence-corrected chi connectivity index (χ1v) is 10.0. The molecule has 0 unspecified atom stereocenters. The van der Waals surface area contributed by atoms with Gasteiger partial charge >= 0.3 is 0 Å². The number of allylic oxidation sites excluding steroid dienone is 2. The van der Waals surface area contributed by atoms with E-state index in [2.05, 4.69) is 15.5 Å². The van der Waals surface area contributed by atoms with Gasteiger partial charge in [0.25, 0.3) is 0 Å². The van der Waals surface area contributed by atoms with Gasteiger partial charge in [0.2, 0.25) is 0 Å². The Bertz CT molecular complexity index is 945. The summed E-state index contributed by atoms with van der Waals surface area (Å²) >= 11 is 0. The molecule has 3 rings (SSSR count). The van der Waals surface area contributed by atoms with Crippen LogP contribution in [0.1, 0.15) is 16.7 Å². The van der Waals surface area contributed by atoms with E-state index in [0.717, 1.165) is 58.7 Å². The first-order valence-electron chi connectivity index (χ1n) is 10.0. The number of anilines is 1. The van der Waals surface area contributed by atoms with E-state index in [1.54, 1.807) is 6.08 Å². The molecule has 0 aliphatic carbocycles. The van der Waals surface area contributed by atoms with Crippen LogP contribution in [-0.4, -0.2) is 57.8 Å². The molecule has 30 heavy (non-hydrogen) atoms. The van der Waals surface area contributed by atoms with E-state index in [9.17, 15) is 4.79 Å². The number of nitrogens with one attached hydrogen (secondary N) is 3. The number of rotatable bonds is 8. The number of aldehydes is 1. The third kappa shape index (κ3) is 4.60. The van der Waals surface area contributed by atoms with Crippen LogP contribution in [0, 0.1) is 5.41 Å². The molecule has 1 aliphatic rings. The van der Waals surface area contributed by atoms with Gasteiger partial charge in [0, 0.05) is 62.0 Å². The van der Waals surface area contributed by atoms with Crippen LogP contribution in [0.5, 0.6) is 0 Å². The van der Waals surface area contributed by atoms with Crippen molar-refractivity contribution in [2.45, 2.75) is 0 Å². The van der Waals surface area contributed by atoms with E-state index < -0.39 is 0 Å². The maximum atomic E-state index is 11.4. The Balaban J connectivity index is 2.15. The zero-order valence-corrected chi connectivity index (χ0v) is 17.4. The van der Waals surface area contributed by atoms with Crippen LogP contribution in [0.15, 0.2) is 54.6 Å². The van der Waals surface area contributed by atoms with Crippen molar-refractivity contribution >= 4 is 35.2 Å². The zero-order valence-electron chi connectivity index (χ0n) is 17.4. The molecule has 6 nitrogen and oxygen atoms in total. The van der Waals surface area contributed by atoms with Crippen molar-refractivity contribution in [2.24, 2.45) is 0 Å². The van der Waals surface area contributed by atoms with E-state index in [1.807, 2.05) is 62.6 Å². The number of ether oxygens (including phenoxy) is 1. The molecule has 1 fully saturated rings. The van der Waals surface area contributed by atoms with Crippen molar-refractivity contribution in [2.75, 3.05) is 45.7 Å². The van der Waals surface area contributed by atoms with Gasteiger partial charge in [0.1, 0.15) is 6.29 Å². The normalized spacial score (nSPS) is 15.3. The van der Waals surface area contributed by atoms with Gasteiger partial charge < -0.3 is 25.7 Å². The van der Waals surface area contributed by atoms with Crippen molar-refractivity contribution in [3.05, 3.63) is 71.3 Å². The Morgan fingerprint density at radius 1 is 1.07 bits per heavy atom. The average Bonchev–Trinajstić information content (AvgIpc) is 2.81. The second-order valence-corrected chi connectivity index (χ2v) is 6.85. The van der Waals surface area contributed by atoms with E-state index in [4.69, 9.17) is 10.1 Å². The smallest absolute Gasteiger partial charge is 0.144 e. The van der Waals surface area contributed by atoms with Crippen LogP contribution < -0.4 is 10.6 Å². The lowest BCUT2D eigenvalue weighted by atomic mass is 9.96. The molecule has 0 atom stereocenters. The second-order valence-electron chi connectivity index (χ2n) is 6.85. The Hall–Kier alpha value is -3.38. The van der Waals surface area contributed by atoms with E-state index in [1.165, 1.54) is 6.21 Å². The van der Waals surface area contributed by atoms with Crippen molar-refractivity contribution < 1.29 is 9.53 Å². The highest BCUT2D eigenvalue weighted by molar-refractivity contribution is 6.18. The lowest BCUT2D eigenvalue weighted by Crippen LogP contribution is -2.35. The highest BCUT2D eigenvalue weighted by Crippen LogP contribution is 2.32. The summed E-state index contributed by atoms with van der Waals surface area (Å²) in [5.41, 5.74) is 6.27. The first-order chi connectivity index (χ1) is 14.7. The zero-order chi connectivity index (χ0) is 21.3. The summed E-state index contributed by atoms with van der Waals surface area (Å²) in [6, 6.07) is 16.0. The third-order valence-electron chi connectivity index (χ3n) is 5.18. The van der Waals surface area contributed by atoms with Crippen molar-refractivity contribution in [3.63, 3.8) is 0 Å². The minimum Gasteiger partial charge on any atom is -0.388 e. The Morgan fingerprint density at radius 3 is 2.40 bits per heavy atom. The number of benzene rings is 2. The molecule has 6 heteroatoms. The Morgan fingerprint density at radius 2 is 1.80 bits per heavy atom. The maximum absolute atomic E-state index is 11.4. The van der Waals surface area contributed by atoms with Gasteiger partial charge in [-0.1, -0.05) is 36.4 Å². The van der Waals surface area contributed by atoms with Gasteiger partial charge in [-0.05, 0) is 23.3 Å². The third-order valence-corrected chi connectivity index (χ3v) is 5.18. The summed E-state index contributed by atoms with van der Waals surface area (Å²) in [7, 11) is 3.73. The summed E-state index contributed by atoms with van der Waals surface area (Å²) < 4.78 is 5.48. The highest BCUT2D eigenvalue weighted by Gasteiger charge is 2.19. The van der Waals surface area contributed by atoms with Gasteiger partial charge in [-0.2, -0.15) is 0 Å². The molecule has 1 heterocycles. The predicted octanol–water partition coefficient (Wildman–Crippen LogP) is 3.34. The molecule has 0 amide bonds. The quantitative estimate of drug-likeness (QED) is 0.272. The lowest BCUT2D eigenvalue weighted by Gasteiger charge is -2.32. The second kappa shape index (κ2) is 10.4. The van der Waals surface area contributed by atoms with E-state index in [0.29, 0.717) is 13.2 Å². The van der Waals surface area contributed by atoms with Gasteiger partial charge in [-0.3, -0.25) is 4.79 Å². The number of morpholine rings is 1. The van der Waals surface area contributed by atoms with Crippen molar-refractivity contribution in [1.29, 1.82) is 5.41 Å². The number of carbonyl (C=O) groups is 1. The summed E-state index contributed by atoms with van der Waals surface area (Å²) in [6.45, 7) is 2.72. The number of hydrogen-bond acceptors (Lipinski definition) is 6. The summed E-state index contributed by atoms with van der Waals surface area (Å²) in [5.74, 6) is 0. The fourth-order valence-corrected chi connectivity index (χ4v) is 3.72. The minimum absolute atomic E-state index is 0.633. The number of hydrogen-bond donors (Lipinski definition) is 3. The molecule has 0 saturated carbocycles. The fourth-order valence-electron chi connectivity index (χ4n) is 3.72. The first kappa shape index (κ1) is 21.3. The van der Waals surface area contributed by atoms with Gasteiger partial charge in [0.15, 0.2) is 0 Å². The molecule has 156 valence electrons. The highest BCUT2D eigenvalue weighted by atomic mass is 16.5. The van der Waals surface area contributed by atoms with Crippen molar-refractivity contribution in [1.82, 2.24) is 10.2 Å². The summed E-state index contributed by atoms with van der Waals surface area (Å²) in [6.07, 6.45) is 3.80. The van der Waals surface area contributed by atoms with Crippen LogP contribution in [0.2, 0.25) is 0 Å². The van der Waals surface area contributed by atoms with Gasteiger partial charge in [0.05, 0.1) is 18.9 Å². The molecule has 0 radical (unpaired) electrons. The molecular weight excluding hydrogens is 376 g/mol. The topological polar surface area (TPSA) is 77.5 Å². The van der Waals surface area contributed by atoms with Crippen LogP contribution in [0.25, 0.3) is 17.0 Å². The molecule has 2 aromatic rings. The minimum atomic E-state index is 0.633. The van der Waals surface area contributed by atoms with Crippen LogP contribution in [0.4, 0.5) is 5.69 Å². The van der Waals surface area contributed by atoms with Gasteiger partial charge in [-0.25, -0.2) is 0 Å². The maximum Gasteiger partial charge on any atom is 0.144 e. The average molecular weight is 405 g/mol. The Kier molecular flexibility index (Phi) is 7.40. The van der Waals surface area contributed by atoms with E-state index in [-0.39, 0.29) is 0 Å². The Labute approximate surface area is 177 Å². The summed E-state index contributed by atoms with van der Waals surface area (Å²) in [4.78, 5) is 13.6. The number of nitrogens with zero attached hydrogens (tertiary/aromatic N) is 1. The van der Waals surface area contributed by atoms with Crippen molar-refractivity contribution in [3.8, 4) is 0 Å². The summed E-state index contributed by atoms with van der Waals surface area (Å²) in [5, 5.41) is 14.6. The lowest BCUT2D eigenvalue weighted by molar-refractivity contribution is -0.104. The molecule has 1 aliphatic heterocycles. The predicted molar refractivity (Wildman–Crippen MR) is 124 cm³/mol. The van der Waals surface area contributed by atoms with Crippen LogP contribution >= 0.6 is 0 Å². The molecule has 0 spiro atoms. The SMILES string of the molecule is CN/C(=C(\C=N)c1ccc(NC)c(/C(=C\C=O)N2CCOCC2)c1)c1ccccc1. The van der Waals surface area contributed by atoms with Gasteiger partial charge in [-0.15, -0.1) is 0 Å². The standard InChI is InChI=1S/C24H28N4O2/c1-26-22-9-8-19(21(17-25)24(27-2)18-6-4-3-5-7-18)16-20(22)23(10-13-29)28-11-14-30-15-12-28/h3-10,13,16-17,25-27H,11-12,14-15H2,1-2H3/b23-10+,24-21+,25-17?. The van der Waals surface area contributed by atoms with E-state index >= 15 is 0 Å². The largest absolute Gasteiger partial charge is 0.388 e. The number of carbonyl (C=O) groups excluding carboxylic acids is 1. The van der Waals surface area contributed by atoms with Crippen LogP contribution in [-0.2, 0) is 9.53 Å². The molecule has 3 N–H and O–H groups in total. The molecular formula is C24H28N4O2. The molecule has 1 saturated heterocycles. The molecule has 0 bridgehead atoms. The molecule has 0 aromatic heterocycles. The monoisotopic (exact) mass is 404 g/mol.